The predicted octanol–water partition coefficient (Wildman–Crippen LogP) is 5.88. The standard InChI is InChI=1S/C15H12BrCl2NOS/c1-9(21-12-5-2-10(17)3-6-12)15(20)19-11-4-7-13(16)14(18)8-11/h2-9H,1H3,(H,19,20)/t9-/m1/s1. The van der Waals surface area contributed by atoms with Crippen LogP contribution in [0.15, 0.2) is 51.8 Å². The summed E-state index contributed by atoms with van der Waals surface area (Å²) in [5.41, 5.74) is 0.678. The Hall–Kier alpha value is -0.680. The van der Waals surface area contributed by atoms with E-state index in [0.29, 0.717) is 15.7 Å². The van der Waals surface area contributed by atoms with Crippen LogP contribution in [0.25, 0.3) is 0 Å². The molecule has 21 heavy (non-hydrogen) atoms. The van der Waals surface area contributed by atoms with E-state index < -0.39 is 0 Å². The second kappa shape index (κ2) is 7.54. The third kappa shape index (κ3) is 4.92. The third-order valence-electron chi connectivity index (χ3n) is 2.68. The monoisotopic (exact) mass is 403 g/mol. The van der Waals surface area contributed by atoms with Crippen LogP contribution in [-0.4, -0.2) is 11.2 Å². The summed E-state index contributed by atoms with van der Waals surface area (Å²) in [5.74, 6) is -0.0756. The molecule has 0 unspecified atom stereocenters. The molecule has 2 nitrogen and oxygen atoms in total. The maximum absolute atomic E-state index is 12.2. The zero-order valence-corrected chi connectivity index (χ0v) is 15.0. The first kappa shape index (κ1) is 16.7. The minimum absolute atomic E-state index is 0.0756. The number of carbonyl (C=O) groups excluding carboxylic acids is 1. The highest BCUT2D eigenvalue weighted by Gasteiger charge is 2.15. The van der Waals surface area contributed by atoms with E-state index in [9.17, 15) is 4.79 Å². The van der Waals surface area contributed by atoms with Crippen LogP contribution in [0.3, 0.4) is 0 Å². The molecule has 0 heterocycles. The average Bonchev–Trinajstić information content (AvgIpc) is 2.45. The summed E-state index contributed by atoms with van der Waals surface area (Å²) < 4.78 is 0.797. The molecule has 2 aromatic rings. The Morgan fingerprint density at radius 1 is 1.19 bits per heavy atom. The Balaban J connectivity index is 1.98. The molecule has 1 amide bonds. The van der Waals surface area contributed by atoms with Crippen LogP contribution in [0.5, 0.6) is 0 Å². The summed E-state index contributed by atoms with van der Waals surface area (Å²) >= 11 is 16.6. The van der Waals surface area contributed by atoms with Crippen LogP contribution in [0.4, 0.5) is 5.69 Å². The first-order valence-electron chi connectivity index (χ1n) is 6.14. The van der Waals surface area contributed by atoms with Gasteiger partial charge in [0.15, 0.2) is 0 Å². The molecule has 0 aliphatic rings. The Bertz CT molecular complexity index is 649. The average molecular weight is 405 g/mol. The van der Waals surface area contributed by atoms with Gasteiger partial charge in [0, 0.05) is 20.1 Å². The van der Waals surface area contributed by atoms with E-state index in [1.807, 2.05) is 31.2 Å². The highest BCUT2D eigenvalue weighted by atomic mass is 79.9. The number of thioether (sulfide) groups is 1. The van der Waals surface area contributed by atoms with Crippen molar-refractivity contribution in [3.63, 3.8) is 0 Å². The third-order valence-corrected chi connectivity index (χ3v) is 5.28. The summed E-state index contributed by atoms with van der Waals surface area (Å²) in [6.07, 6.45) is 0. The van der Waals surface area contributed by atoms with Crippen molar-refractivity contribution in [3.05, 3.63) is 57.0 Å². The van der Waals surface area contributed by atoms with Crippen molar-refractivity contribution < 1.29 is 4.79 Å². The number of benzene rings is 2. The van der Waals surface area contributed by atoms with Gasteiger partial charge in [0.05, 0.1) is 10.3 Å². The van der Waals surface area contributed by atoms with Crippen molar-refractivity contribution in [2.24, 2.45) is 0 Å². The van der Waals surface area contributed by atoms with Crippen LogP contribution in [0, 0.1) is 0 Å². The number of anilines is 1. The Morgan fingerprint density at radius 2 is 1.86 bits per heavy atom. The maximum Gasteiger partial charge on any atom is 0.237 e. The number of nitrogens with one attached hydrogen (secondary N) is 1. The van der Waals surface area contributed by atoms with E-state index in [1.165, 1.54) is 11.8 Å². The van der Waals surface area contributed by atoms with E-state index in [2.05, 4.69) is 21.2 Å². The van der Waals surface area contributed by atoms with Crippen molar-refractivity contribution in [1.82, 2.24) is 0 Å². The Morgan fingerprint density at radius 3 is 2.48 bits per heavy atom. The predicted molar refractivity (Wildman–Crippen MR) is 94.6 cm³/mol. The zero-order chi connectivity index (χ0) is 15.4. The van der Waals surface area contributed by atoms with Crippen LogP contribution < -0.4 is 5.32 Å². The summed E-state index contributed by atoms with van der Waals surface area (Å²) in [6.45, 7) is 1.86. The lowest BCUT2D eigenvalue weighted by Crippen LogP contribution is -2.22. The van der Waals surface area contributed by atoms with E-state index >= 15 is 0 Å². The molecule has 0 saturated heterocycles. The van der Waals surface area contributed by atoms with Gasteiger partial charge in [-0.2, -0.15) is 0 Å². The molecule has 6 heteroatoms. The second-order valence-electron chi connectivity index (χ2n) is 4.33. The zero-order valence-electron chi connectivity index (χ0n) is 11.1. The molecule has 110 valence electrons. The highest BCUT2D eigenvalue weighted by Crippen LogP contribution is 2.28. The smallest absolute Gasteiger partial charge is 0.237 e. The molecule has 0 fully saturated rings. The van der Waals surface area contributed by atoms with Gasteiger partial charge < -0.3 is 5.32 Å². The fourth-order valence-corrected chi connectivity index (χ4v) is 3.01. The fourth-order valence-electron chi connectivity index (χ4n) is 1.59. The maximum atomic E-state index is 12.2. The van der Waals surface area contributed by atoms with Gasteiger partial charge in [-0.3, -0.25) is 4.79 Å². The number of hydrogen-bond donors (Lipinski definition) is 1. The summed E-state index contributed by atoms with van der Waals surface area (Å²) in [5, 5.41) is 3.86. The minimum Gasteiger partial charge on any atom is -0.325 e. The summed E-state index contributed by atoms with van der Waals surface area (Å²) in [6, 6.07) is 12.7. The molecule has 0 aliphatic heterocycles. The largest absolute Gasteiger partial charge is 0.325 e. The van der Waals surface area contributed by atoms with Gasteiger partial charge in [0.25, 0.3) is 0 Å². The number of hydrogen-bond acceptors (Lipinski definition) is 2. The molecule has 0 radical (unpaired) electrons. The van der Waals surface area contributed by atoms with Gasteiger partial charge >= 0.3 is 0 Å². The van der Waals surface area contributed by atoms with Crippen molar-refractivity contribution in [3.8, 4) is 0 Å². The van der Waals surface area contributed by atoms with Gasteiger partial charge in [0.1, 0.15) is 0 Å². The van der Waals surface area contributed by atoms with E-state index in [1.54, 1.807) is 18.2 Å². The van der Waals surface area contributed by atoms with E-state index in [0.717, 1.165) is 9.37 Å². The second-order valence-corrected chi connectivity index (χ2v) is 7.44. The molecule has 0 bridgehead atoms. The van der Waals surface area contributed by atoms with Gasteiger partial charge in [-0.25, -0.2) is 0 Å². The molecule has 1 N–H and O–H groups in total. The van der Waals surface area contributed by atoms with Gasteiger partial charge in [0.2, 0.25) is 5.91 Å². The number of halogens is 3. The lowest BCUT2D eigenvalue weighted by atomic mass is 10.3. The quantitative estimate of drug-likeness (QED) is 0.645. The van der Waals surface area contributed by atoms with Crippen molar-refractivity contribution in [2.75, 3.05) is 5.32 Å². The van der Waals surface area contributed by atoms with Gasteiger partial charge in [-0.1, -0.05) is 23.2 Å². The number of amides is 1. The van der Waals surface area contributed by atoms with E-state index in [-0.39, 0.29) is 11.2 Å². The molecule has 0 aromatic heterocycles. The van der Waals surface area contributed by atoms with Crippen molar-refractivity contribution in [2.45, 2.75) is 17.1 Å². The Labute approximate surface area is 146 Å². The molecule has 1 atom stereocenters. The molecular weight excluding hydrogens is 393 g/mol. The normalized spacial score (nSPS) is 12.0. The van der Waals surface area contributed by atoms with Gasteiger partial charge in [-0.05, 0) is 65.3 Å². The van der Waals surface area contributed by atoms with Crippen LogP contribution >= 0.6 is 50.9 Å². The molecular formula is C15H12BrCl2NOS. The number of carbonyl (C=O) groups is 1. The van der Waals surface area contributed by atoms with E-state index in [4.69, 9.17) is 23.2 Å². The molecule has 0 aliphatic carbocycles. The lowest BCUT2D eigenvalue weighted by molar-refractivity contribution is -0.115. The minimum atomic E-state index is -0.228. The SMILES string of the molecule is C[C@@H](Sc1ccc(Cl)cc1)C(=O)Nc1ccc(Br)c(Cl)c1. The van der Waals surface area contributed by atoms with Gasteiger partial charge in [-0.15, -0.1) is 11.8 Å². The van der Waals surface area contributed by atoms with Crippen molar-refractivity contribution >= 4 is 62.5 Å². The fraction of sp³-hybridized carbons (Fsp3) is 0.133. The molecule has 2 aromatic carbocycles. The lowest BCUT2D eigenvalue weighted by Gasteiger charge is -2.12. The molecule has 0 spiro atoms. The summed E-state index contributed by atoms with van der Waals surface area (Å²) in [4.78, 5) is 13.2. The van der Waals surface area contributed by atoms with Crippen LogP contribution in [0.1, 0.15) is 6.92 Å². The topological polar surface area (TPSA) is 29.1 Å². The first-order valence-corrected chi connectivity index (χ1v) is 8.56. The number of rotatable bonds is 4. The summed E-state index contributed by atoms with van der Waals surface area (Å²) in [7, 11) is 0. The van der Waals surface area contributed by atoms with Crippen molar-refractivity contribution in [1.29, 1.82) is 0 Å². The first-order chi connectivity index (χ1) is 9.95. The Kier molecular flexibility index (Phi) is 5.99. The van der Waals surface area contributed by atoms with Crippen LogP contribution in [0.2, 0.25) is 10.0 Å². The van der Waals surface area contributed by atoms with Crippen LogP contribution in [-0.2, 0) is 4.79 Å². The molecule has 0 saturated carbocycles. The highest BCUT2D eigenvalue weighted by molar-refractivity contribution is 9.10. The molecule has 2 rings (SSSR count).